The number of aromatic nitrogens is 1. The highest BCUT2D eigenvalue weighted by Crippen LogP contribution is 2.47. The summed E-state index contributed by atoms with van der Waals surface area (Å²) in [5.41, 5.74) is 0.431. The SMILES string of the molecule is C#CCC[C@H]1C(=O)C(C)(C)[C@@H](O)CC(=O)O[C@H](c2ccc3oc(C)nc3c2)C[C@@H]2O[C@]2(C)CCC[C@H](C)[C@@H]1O. The molecule has 1 aromatic carbocycles. The summed E-state index contributed by atoms with van der Waals surface area (Å²) >= 11 is 0. The highest BCUT2D eigenvalue weighted by Gasteiger charge is 2.53. The van der Waals surface area contributed by atoms with Crippen LogP contribution in [0.1, 0.15) is 90.2 Å². The van der Waals surface area contributed by atoms with Crippen LogP contribution in [0, 0.1) is 36.5 Å². The van der Waals surface area contributed by atoms with Gasteiger partial charge in [-0.15, -0.1) is 12.3 Å². The molecule has 4 rings (SSSR count). The lowest BCUT2D eigenvalue weighted by molar-refractivity contribution is -0.156. The van der Waals surface area contributed by atoms with Gasteiger partial charge in [-0.05, 0) is 49.8 Å². The summed E-state index contributed by atoms with van der Waals surface area (Å²) in [6, 6.07) is 5.51. The average molecular weight is 540 g/mol. The van der Waals surface area contributed by atoms with Crippen LogP contribution in [-0.4, -0.2) is 50.9 Å². The number of aliphatic hydroxyl groups excluding tert-OH is 2. The second-order valence-corrected chi connectivity index (χ2v) is 12.1. The number of cyclic esters (lactones) is 1. The molecule has 3 heterocycles. The Kier molecular flexibility index (Phi) is 8.55. The molecule has 7 atom stereocenters. The van der Waals surface area contributed by atoms with Gasteiger partial charge in [0.2, 0.25) is 0 Å². The Balaban J connectivity index is 1.63. The lowest BCUT2D eigenvalue weighted by Crippen LogP contribution is -2.46. The van der Waals surface area contributed by atoms with E-state index < -0.39 is 35.6 Å². The Morgan fingerprint density at radius 3 is 2.67 bits per heavy atom. The van der Waals surface area contributed by atoms with Crippen LogP contribution in [0.4, 0.5) is 0 Å². The van der Waals surface area contributed by atoms with Gasteiger partial charge in [0.05, 0.1) is 35.7 Å². The Morgan fingerprint density at radius 1 is 1.21 bits per heavy atom. The molecule has 2 aromatic rings. The molecule has 0 spiro atoms. The van der Waals surface area contributed by atoms with Gasteiger partial charge < -0.3 is 24.1 Å². The number of oxazole rings is 1. The van der Waals surface area contributed by atoms with E-state index in [0.717, 1.165) is 24.8 Å². The molecule has 0 amide bonds. The minimum atomic E-state index is -1.30. The largest absolute Gasteiger partial charge is 0.457 e. The number of aryl methyl sites for hydroxylation is 1. The summed E-state index contributed by atoms with van der Waals surface area (Å²) in [6.45, 7) is 8.99. The highest BCUT2D eigenvalue weighted by atomic mass is 16.6. The van der Waals surface area contributed by atoms with Crippen molar-refractivity contribution in [3.8, 4) is 12.3 Å². The molecule has 0 unspecified atom stereocenters. The fraction of sp³-hybridized carbons (Fsp3) is 0.645. The summed E-state index contributed by atoms with van der Waals surface area (Å²) in [6.07, 6.45) is 5.60. The Hall–Kier alpha value is -2.73. The predicted octanol–water partition coefficient (Wildman–Crippen LogP) is 4.82. The van der Waals surface area contributed by atoms with Crippen molar-refractivity contribution in [1.29, 1.82) is 0 Å². The van der Waals surface area contributed by atoms with Crippen LogP contribution < -0.4 is 0 Å². The molecule has 2 aliphatic rings. The molecular weight excluding hydrogens is 498 g/mol. The molecule has 1 aromatic heterocycles. The number of nitrogens with zero attached hydrogens (tertiary/aromatic N) is 1. The maximum absolute atomic E-state index is 13.7. The van der Waals surface area contributed by atoms with Crippen LogP contribution >= 0.6 is 0 Å². The lowest BCUT2D eigenvalue weighted by atomic mass is 9.71. The molecular formula is C31H41NO7. The number of carbonyl (C=O) groups excluding carboxylic acids is 2. The number of terminal acetylenes is 1. The molecule has 8 nitrogen and oxygen atoms in total. The third-order valence-electron chi connectivity index (χ3n) is 8.72. The van der Waals surface area contributed by atoms with Crippen LogP contribution in [0.25, 0.3) is 11.1 Å². The van der Waals surface area contributed by atoms with E-state index in [9.17, 15) is 19.8 Å². The lowest BCUT2D eigenvalue weighted by Gasteiger charge is -2.36. The van der Waals surface area contributed by atoms with Gasteiger partial charge in [0, 0.05) is 25.7 Å². The van der Waals surface area contributed by atoms with Crippen molar-refractivity contribution in [3.05, 3.63) is 29.7 Å². The minimum absolute atomic E-state index is 0.107. The maximum atomic E-state index is 13.7. The number of benzene rings is 1. The summed E-state index contributed by atoms with van der Waals surface area (Å²) in [7, 11) is 0. The molecule has 39 heavy (non-hydrogen) atoms. The van der Waals surface area contributed by atoms with Crippen molar-refractivity contribution in [2.45, 2.75) is 110 Å². The number of carbonyl (C=O) groups is 2. The smallest absolute Gasteiger partial charge is 0.309 e. The van der Waals surface area contributed by atoms with Crippen LogP contribution in [0.15, 0.2) is 22.6 Å². The van der Waals surface area contributed by atoms with Crippen LogP contribution in [-0.2, 0) is 19.1 Å². The van der Waals surface area contributed by atoms with Crippen LogP contribution in [0.3, 0.4) is 0 Å². The number of ether oxygens (including phenoxy) is 2. The first kappa shape index (κ1) is 29.3. The van der Waals surface area contributed by atoms with E-state index in [1.165, 1.54) is 0 Å². The fourth-order valence-corrected chi connectivity index (χ4v) is 5.81. The minimum Gasteiger partial charge on any atom is -0.457 e. The van der Waals surface area contributed by atoms with Gasteiger partial charge in [0.25, 0.3) is 0 Å². The van der Waals surface area contributed by atoms with Gasteiger partial charge in [-0.3, -0.25) is 9.59 Å². The zero-order valence-electron chi connectivity index (χ0n) is 23.6. The van der Waals surface area contributed by atoms with Gasteiger partial charge >= 0.3 is 5.97 Å². The summed E-state index contributed by atoms with van der Waals surface area (Å²) < 4.78 is 17.6. The molecule has 0 bridgehead atoms. The van der Waals surface area contributed by atoms with E-state index in [1.807, 2.05) is 25.1 Å². The molecule has 212 valence electrons. The summed E-state index contributed by atoms with van der Waals surface area (Å²) in [5.74, 6) is 1.30. The van der Waals surface area contributed by atoms with Crippen LogP contribution in [0.5, 0.6) is 0 Å². The zero-order chi connectivity index (χ0) is 28.5. The Bertz CT molecular complexity index is 1240. The number of aliphatic hydroxyl groups is 2. The molecule has 2 fully saturated rings. The molecule has 0 saturated carbocycles. The van der Waals surface area contributed by atoms with Crippen molar-refractivity contribution < 1.29 is 33.7 Å². The van der Waals surface area contributed by atoms with E-state index in [4.69, 9.17) is 20.3 Å². The van der Waals surface area contributed by atoms with Gasteiger partial charge in [-0.2, -0.15) is 0 Å². The van der Waals surface area contributed by atoms with Gasteiger partial charge in [-0.25, -0.2) is 4.98 Å². The van der Waals surface area contributed by atoms with Crippen LogP contribution in [0.2, 0.25) is 0 Å². The van der Waals surface area contributed by atoms with Crippen molar-refractivity contribution in [2.75, 3.05) is 0 Å². The number of hydrogen-bond donors (Lipinski definition) is 2. The number of rotatable bonds is 3. The first-order valence-electron chi connectivity index (χ1n) is 13.9. The van der Waals surface area contributed by atoms with Crippen molar-refractivity contribution >= 4 is 22.9 Å². The number of ketones is 1. The van der Waals surface area contributed by atoms with Gasteiger partial charge in [-0.1, -0.05) is 33.3 Å². The quantitative estimate of drug-likeness (QED) is 0.323. The van der Waals surface area contributed by atoms with Crippen molar-refractivity contribution in [2.24, 2.45) is 17.3 Å². The second kappa shape index (κ2) is 11.4. The van der Waals surface area contributed by atoms with E-state index in [0.29, 0.717) is 36.3 Å². The summed E-state index contributed by atoms with van der Waals surface area (Å²) in [4.78, 5) is 31.2. The first-order valence-corrected chi connectivity index (χ1v) is 13.9. The van der Waals surface area contributed by atoms with E-state index >= 15 is 0 Å². The van der Waals surface area contributed by atoms with E-state index in [-0.39, 0.29) is 29.8 Å². The molecule has 0 aliphatic carbocycles. The monoisotopic (exact) mass is 539 g/mol. The van der Waals surface area contributed by atoms with Crippen molar-refractivity contribution in [1.82, 2.24) is 4.98 Å². The number of Topliss-reactive ketones (excluding diaryl/α,β-unsaturated/α-hetero) is 1. The molecule has 2 N–H and O–H groups in total. The third-order valence-corrected chi connectivity index (χ3v) is 8.72. The zero-order valence-corrected chi connectivity index (χ0v) is 23.6. The highest BCUT2D eigenvalue weighted by molar-refractivity contribution is 5.88. The number of epoxide rings is 1. The van der Waals surface area contributed by atoms with E-state index in [2.05, 4.69) is 17.8 Å². The summed E-state index contributed by atoms with van der Waals surface area (Å²) in [5, 5.41) is 22.3. The number of hydrogen-bond acceptors (Lipinski definition) is 8. The topological polar surface area (TPSA) is 122 Å². The number of fused-ring (bicyclic) bond motifs is 2. The van der Waals surface area contributed by atoms with E-state index in [1.54, 1.807) is 20.8 Å². The van der Waals surface area contributed by atoms with Gasteiger partial charge in [0.1, 0.15) is 17.4 Å². The van der Waals surface area contributed by atoms with Crippen molar-refractivity contribution in [3.63, 3.8) is 0 Å². The average Bonchev–Trinajstić information content (AvgIpc) is 3.34. The maximum Gasteiger partial charge on any atom is 0.309 e. The number of esters is 1. The molecule has 2 saturated heterocycles. The first-order chi connectivity index (χ1) is 18.4. The molecule has 8 heteroatoms. The fourth-order valence-electron chi connectivity index (χ4n) is 5.81. The van der Waals surface area contributed by atoms with Gasteiger partial charge in [0.15, 0.2) is 11.5 Å². The predicted molar refractivity (Wildman–Crippen MR) is 145 cm³/mol. The second-order valence-electron chi connectivity index (χ2n) is 12.1. The third kappa shape index (κ3) is 6.37. The Morgan fingerprint density at radius 2 is 1.95 bits per heavy atom. The molecule has 2 aliphatic heterocycles. The molecule has 0 radical (unpaired) electrons. The Labute approximate surface area is 230 Å². The standard InChI is InChI=1S/C31H41NO7/c1-7-8-11-21-28(35)18(2)10-9-14-31(6)26(39-31)16-24(20-12-13-23-22(15-20)32-19(3)37-23)38-27(34)17-25(33)30(4,5)29(21)36/h1,12-13,15,18,21,24-26,28,33,35H,8-11,14,16-17H2,2-6H3/t18-,21+,24-,25-,26-,28-,31+/m0/s1. The normalized spacial score (nSPS) is 34.2.